The molecule has 1 aromatic carbocycles. The average Bonchev–Trinajstić information content (AvgIpc) is 2.50. The van der Waals surface area contributed by atoms with Crippen molar-refractivity contribution in [1.29, 1.82) is 0 Å². The molecule has 7 heteroatoms. The number of nitrogens with zero attached hydrogens (tertiary/aromatic N) is 2. The number of ether oxygens (including phenoxy) is 2. The molecule has 0 aliphatic rings. The van der Waals surface area contributed by atoms with E-state index in [0.717, 1.165) is 23.1 Å². The van der Waals surface area contributed by atoms with Crippen LogP contribution in [0.3, 0.4) is 0 Å². The highest BCUT2D eigenvalue weighted by Crippen LogP contribution is 2.25. The van der Waals surface area contributed by atoms with Crippen LogP contribution in [0.1, 0.15) is 12.0 Å². The van der Waals surface area contributed by atoms with Crippen molar-refractivity contribution in [3.05, 3.63) is 28.2 Å². The lowest BCUT2D eigenvalue weighted by Crippen LogP contribution is -2.31. The zero-order valence-corrected chi connectivity index (χ0v) is 14.0. The lowest BCUT2D eigenvalue weighted by Gasteiger charge is -2.27. The van der Waals surface area contributed by atoms with Crippen molar-refractivity contribution < 1.29 is 14.7 Å². The second-order valence-electron chi connectivity index (χ2n) is 4.47. The Morgan fingerprint density at radius 2 is 2.00 bits per heavy atom. The molecule has 0 heterocycles. The Hall–Kier alpha value is -1.31. The summed E-state index contributed by atoms with van der Waals surface area (Å²) in [5.41, 5.74) is 7.35. The van der Waals surface area contributed by atoms with E-state index in [1.54, 1.807) is 14.2 Å². The molecule has 0 aliphatic carbocycles. The molecular weight excluding hydrogens is 338 g/mol. The highest BCUT2D eigenvalue weighted by Gasteiger charge is 2.14. The molecule has 6 nitrogen and oxygen atoms in total. The molecule has 0 saturated carbocycles. The summed E-state index contributed by atoms with van der Waals surface area (Å²) in [6.07, 6.45) is 0.877. The van der Waals surface area contributed by atoms with Crippen LogP contribution in [0.4, 0.5) is 5.69 Å². The minimum absolute atomic E-state index is 0.0895. The number of amidine groups is 1. The molecule has 3 N–H and O–H groups in total. The van der Waals surface area contributed by atoms with E-state index in [0.29, 0.717) is 25.3 Å². The zero-order valence-electron chi connectivity index (χ0n) is 12.4. The lowest BCUT2D eigenvalue weighted by atomic mass is 10.1. The van der Waals surface area contributed by atoms with Gasteiger partial charge in [-0.05, 0) is 24.6 Å². The highest BCUT2D eigenvalue weighted by molar-refractivity contribution is 9.10. The van der Waals surface area contributed by atoms with Crippen molar-refractivity contribution in [3.63, 3.8) is 0 Å². The second-order valence-corrected chi connectivity index (χ2v) is 5.39. The number of oxime groups is 1. The average molecular weight is 360 g/mol. The zero-order chi connectivity index (χ0) is 15.7. The van der Waals surface area contributed by atoms with E-state index >= 15 is 0 Å². The fraction of sp³-hybridized carbons (Fsp3) is 0.500. The number of nitrogens with two attached hydrogens (primary N) is 1. The molecule has 0 fully saturated rings. The summed E-state index contributed by atoms with van der Waals surface area (Å²) < 4.78 is 11.2. The van der Waals surface area contributed by atoms with Gasteiger partial charge in [-0.3, -0.25) is 0 Å². The monoisotopic (exact) mass is 359 g/mol. The summed E-state index contributed by atoms with van der Waals surface area (Å²) in [6, 6.07) is 5.64. The SMILES string of the molecule is COCCCN(CCOC)c1cc(Br)ccc1/C(N)=N/O. The summed E-state index contributed by atoms with van der Waals surface area (Å²) in [5, 5.41) is 12.0. The molecule has 0 amide bonds. The molecular formula is C14H22BrN3O3. The van der Waals surface area contributed by atoms with E-state index in [1.807, 2.05) is 18.2 Å². The highest BCUT2D eigenvalue weighted by atomic mass is 79.9. The molecule has 0 saturated heterocycles. The van der Waals surface area contributed by atoms with Gasteiger partial charge in [0.05, 0.1) is 6.61 Å². The van der Waals surface area contributed by atoms with Gasteiger partial charge in [-0.2, -0.15) is 0 Å². The van der Waals surface area contributed by atoms with Gasteiger partial charge in [-0.15, -0.1) is 0 Å². The van der Waals surface area contributed by atoms with Crippen LogP contribution >= 0.6 is 15.9 Å². The third kappa shape index (κ3) is 5.53. The lowest BCUT2D eigenvalue weighted by molar-refractivity contribution is 0.191. The number of methoxy groups -OCH3 is 2. The summed E-state index contributed by atoms with van der Waals surface area (Å²) >= 11 is 3.46. The van der Waals surface area contributed by atoms with Gasteiger partial charge in [0.25, 0.3) is 0 Å². The number of anilines is 1. The molecule has 0 unspecified atom stereocenters. The maximum atomic E-state index is 8.94. The Morgan fingerprint density at radius 1 is 1.29 bits per heavy atom. The maximum absolute atomic E-state index is 8.94. The molecule has 0 atom stereocenters. The second kappa shape index (κ2) is 9.59. The first-order valence-electron chi connectivity index (χ1n) is 6.64. The summed E-state index contributed by atoms with van der Waals surface area (Å²) in [6.45, 7) is 2.77. The third-order valence-electron chi connectivity index (χ3n) is 3.03. The standard InChI is InChI=1S/C14H22BrN3O3/c1-20-8-3-6-18(7-9-21-2)13-10-11(15)4-5-12(13)14(16)17-19/h4-5,10,19H,3,6-9H2,1-2H3,(H2,16,17). The Morgan fingerprint density at radius 3 is 2.62 bits per heavy atom. The molecule has 1 aromatic rings. The fourth-order valence-electron chi connectivity index (χ4n) is 1.99. The van der Waals surface area contributed by atoms with Crippen molar-refractivity contribution in [2.75, 3.05) is 45.4 Å². The topological polar surface area (TPSA) is 80.3 Å². The first kappa shape index (κ1) is 17.7. The van der Waals surface area contributed by atoms with Crippen molar-refractivity contribution in [2.24, 2.45) is 10.9 Å². The Bertz CT molecular complexity index is 469. The molecule has 0 aromatic heterocycles. The quantitative estimate of drug-likeness (QED) is 0.232. The molecule has 1 rings (SSSR count). The van der Waals surface area contributed by atoms with E-state index in [9.17, 15) is 0 Å². The third-order valence-corrected chi connectivity index (χ3v) is 3.52. The van der Waals surface area contributed by atoms with E-state index in [4.69, 9.17) is 20.4 Å². The molecule has 0 radical (unpaired) electrons. The largest absolute Gasteiger partial charge is 0.409 e. The molecule has 118 valence electrons. The molecule has 0 spiro atoms. The van der Waals surface area contributed by atoms with Gasteiger partial charge in [-0.25, -0.2) is 0 Å². The van der Waals surface area contributed by atoms with E-state index < -0.39 is 0 Å². The predicted octanol–water partition coefficient (Wildman–Crippen LogP) is 2.03. The number of hydrogen-bond donors (Lipinski definition) is 2. The maximum Gasteiger partial charge on any atom is 0.172 e. The molecule has 0 aliphatic heterocycles. The fourth-order valence-corrected chi connectivity index (χ4v) is 2.34. The van der Waals surface area contributed by atoms with Crippen LogP contribution in [0.2, 0.25) is 0 Å². The first-order valence-corrected chi connectivity index (χ1v) is 7.43. The van der Waals surface area contributed by atoms with E-state index in [1.165, 1.54) is 0 Å². The smallest absolute Gasteiger partial charge is 0.172 e. The van der Waals surface area contributed by atoms with Crippen molar-refractivity contribution >= 4 is 27.5 Å². The van der Waals surface area contributed by atoms with Crippen LogP contribution < -0.4 is 10.6 Å². The summed E-state index contributed by atoms with van der Waals surface area (Å²) in [5.74, 6) is 0.0895. The van der Waals surface area contributed by atoms with Crippen LogP contribution in [0.25, 0.3) is 0 Å². The van der Waals surface area contributed by atoms with Crippen molar-refractivity contribution in [1.82, 2.24) is 0 Å². The summed E-state index contributed by atoms with van der Waals surface area (Å²) in [7, 11) is 3.35. The molecule has 0 bridgehead atoms. The van der Waals surface area contributed by atoms with Crippen LogP contribution in [-0.4, -0.2) is 51.6 Å². The summed E-state index contributed by atoms with van der Waals surface area (Å²) in [4.78, 5) is 2.14. The van der Waals surface area contributed by atoms with Crippen molar-refractivity contribution in [2.45, 2.75) is 6.42 Å². The van der Waals surface area contributed by atoms with Crippen LogP contribution in [0, 0.1) is 0 Å². The van der Waals surface area contributed by atoms with Gasteiger partial charge < -0.3 is 25.3 Å². The molecule has 21 heavy (non-hydrogen) atoms. The Kier molecular flexibility index (Phi) is 8.11. The van der Waals surface area contributed by atoms with Crippen LogP contribution in [0.5, 0.6) is 0 Å². The minimum atomic E-state index is 0.0895. The van der Waals surface area contributed by atoms with Gasteiger partial charge in [0.1, 0.15) is 0 Å². The van der Waals surface area contributed by atoms with Gasteiger partial charge in [-0.1, -0.05) is 21.1 Å². The van der Waals surface area contributed by atoms with Gasteiger partial charge >= 0.3 is 0 Å². The number of halogens is 1. The predicted molar refractivity (Wildman–Crippen MR) is 87.2 cm³/mol. The van der Waals surface area contributed by atoms with Gasteiger partial charge in [0.15, 0.2) is 5.84 Å². The Labute approximate surface area is 133 Å². The van der Waals surface area contributed by atoms with Crippen LogP contribution in [-0.2, 0) is 9.47 Å². The van der Waals surface area contributed by atoms with E-state index in [2.05, 4.69) is 26.0 Å². The number of rotatable bonds is 9. The van der Waals surface area contributed by atoms with Crippen LogP contribution in [0.15, 0.2) is 27.8 Å². The number of hydrogen-bond acceptors (Lipinski definition) is 5. The van der Waals surface area contributed by atoms with Gasteiger partial charge in [0.2, 0.25) is 0 Å². The Balaban J connectivity index is 3.05. The van der Waals surface area contributed by atoms with Crippen molar-refractivity contribution in [3.8, 4) is 0 Å². The number of benzene rings is 1. The van der Waals surface area contributed by atoms with Gasteiger partial charge in [0, 0.05) is 49.6 Å². The first-order chi connectivity index (χ1) is 10.1. The normalized spacial score (nSPS) is 11.7. The minimum Gasteiger partial charge on any atom is -0.409 e. The van der Waals surface area contributed by atoms with E-state index in [-0.39, 0.29) is 5.84 Å².